The van der Waals surface area contributed by atoms with Crippen molar-refractivity contribution in [3.63, 3.8) is 0 Å². The fraction of sp³-hybridized carbons (Fsp3) is 0.208. The molecule has 1 aromatic heterocycles. The standard InChI is InChI=1S/C24H24ClN3O6/c1-14(2)26-22(29)13-34-19-9-6-15(11-21(19)32-3)23(30)27-17-8-7-16(25)12-18(17)28-24(31)20-5-4-10-33-20/h4-12,14H,13H2,1-3H3,(H,26,29)(H,27,30)(H,28,31). The fourth-order valence-electron chi connectivity index (χ4n) is 2.95. The van der Waals surface area contributed by atoms with Crippen molar-refractivity contribution in [1.82, 2.24) is 5.32 Å². The lowest BCUT2D eigenvalue weighted by Gasteiger charge is -2.15. The third-order valence-electron chi connectivity index (χ3n) is 4.46. The molecule has 0 aliphatic carbocycles. The lowest BCUT2D eigenvalue weighted by atomic mass is 10.1. The Morgan fingerprint density at radius 3 is 2.41 bits per heavy atom. The fourth-order valence-corrected chi connectivity index (χ4v) is 3.12. The molecule has 0 aliphatic heterocycles. The number of nitrogens with one attached hydrogen (secondary N) is 3. The molecule has 0 aliphatic rings. The van der Waals surface area contributed by atoms with Crippen molar-refractivity contribution in [2.75, 3.05) is 24.4 Å². The summed E-state index contributed by atoms with van der Waals surface area (Å²) in [7, 11) is 1.43. The third-order valence-corrected chi connectivity index (χ3v) is 4.69. The van der Waals surface area contributed by atoms with Gasteiger partial charge in [-0.1, -0.05) is 11.6 Å². The molecular formula is C24H24ClN3O6. The maximum atomic E-state index is 12.9. The number of carbonyl (C=O) groups is 3. The number of ether oxygens (including phenoxy) is 2. The molecule has 0 saturated carbocycles. The van der Waals surface area contributed by atoms with Crippen molar-refractivity contribution in [2.24, 2.45) is 0 Å². The molecule has 0 atom stereocenters. The third kappa shape index (κ3) is 6.52. The van der Waals surface area contributed by atoms with Crippen LogP contribution in [0.15, 0.2) is 59.2 Å². The summed E-state index contributed by atoms with van der Waals surface area (Å²) in [5, 5.41) is 8.51. The van der Waals surface area contributed by atoms with Gasteiger partial charge in [-0.2, -0.15) is 0 Å². The minimum Gasteiger partial charge on any atom is -0.493 e. The van der Waals surface area contributed by atoms with Gasteiger partial charge in [-0.05, 0) is 62.4 Å². The van der Waals surface area contributed by atoms with Crippen molar-refractivity contribution in [2.45, 2.75) is 19.9 Å². The van der Waals surface area contributed by atoms with E-state index < -0.39 is 11.8 Å². The smallest absolute Gasteiger partial charge is 0.291 e. The summed E-state index contributed by atoms with van der Waals surface area (Å²) >= 11 is 6.07. The Balaban J connectivity index is 1.74. The number of rotatable bonds is 9. The second-order valence-corrected chi connectivity index (χ2v) is 7.89. The van der Waals surface area contributed by atoms with E-state index in [-0.39, 0.29) is 35.6 Å². The summed E-state index contributed by atoms with van der Waals surface area (Å²) in [6, 6.07) is 12.3. The number of anilines is 2. The Hall–Kier alpha value is -3.98. The number of furan rings is 1. The van der Waals surface area contributed by atoms with Crippen molar-refractivity contribution >= 4 is 40.7 Å². The predicted molar refractivity (Wildman–Crippen MR) is 128 cm³/mol. The number of hydrogen-bond donors (Lipinski definition) is 3. The van der Waals surface area contributed by atoms with Crippen LogP contribution in [-0.2, 0) is 4.79 Å². The summed E-state index contributed by atoms with van der Waals surface area (Å²) in [6.07, 6.45) is 1.38. The molecule has 10 heteroatoms. The molecule has 9 nitrogen and oxygen atoms in total. The maximum absolute atomic E-state index is 12.9. The SMILES string of the molecule is COc1cc(C(=O)Nc2ccc(Cl)cc2NC(=O)c2ccco2)ccc1OCC(=O)NC(C)C. The molecular weight excluding hydrogens is 462 g/mol. The molecule has 0 radical (unpaired) electrons. The normalized spacial score (nSPS) is 10.5. The molecule has 2 aromatic carbocycles. The van der Waals surface area contributed by atoms with Gasteiger partial charge in [0.25, 0.3) is 17.7 Å². The highest BCUT2D eigenvalue weighted by atomic mass is 35.5. The number of carbonyl (C=O) groups excluding carboxylic acids is 3. The van der Waals surface area contributed by atoms with E-state index in [1.165, 1.54) is 43.7 Å². The number of methoxy groups -OCH3 is 1. The van der Waals surface area contributed by atoms with Gasteiger partial charge in [0.2, 0.25) is 0 Å². The predicted octanol–water partition coefficient (Wildman–Crippen LogP) is 4.35. The van der Waals surface area contributed by atoms with Crippen LogP contribution in [0.3, 0.4) is 0 Å². The minimum absolute atomic E-state index is 0.00862. The van der Waals surface area contributed by atoms with E-state index >= 15 is 0 Å². The molecule has 3 rings (SSSR count). The first-order valence-corrected chi connectivity index (χ1v) is 10.7. The number of amides is 3. The van der Waals surface area contributed by atoms with Crippen LogP contribution in [0, 0.1) is 0 Å². The number of hydrogen-bond acceptors (Lipinski definition) is 6. The van der Waals surface area contributed by atoms with Gasteiger partial charge in [0.1, 0.15) is 0 Å². The Labute approximate surface area is 201 Å². The highest BCUT2D eigenvalue weighted by Crippen LogP contribution is 2.30. The monoisotopic (exact) mass is 485 g/mol. The molecule has 3 N–H and O–H groups in total. The van der Waals surface area contributed by atoms with E-state index in [4.69, 9.17) is 25.5 Å². The zero-order chi connectivity index (χ0) is 24.7. The molecule has 34 heavy (non-hydrogen) atoms. The number of halogens is 1. The van der Waals surface area contributed by atoms with Gasteiger partial charge in [-0.15, -0.1) is 0 Å². The summed E-state index contributed by atoms with van der Waals surface area (Å²) < 4.78 is 15.9. The average molecular weight is 486 g/mol. The van der Waals surface area contributed by atoms with Crippen molar-refractivity contribution in [3.8, 4) is 11.5 Å². The zero-order valence-electron chi connectivity index (χ0n) is 18.8. The average Bonchev–Trinajstić information content (AvgIpc) is 3.34. The molecule has 178 valence electrons. The zero-order valence-corrected chi connectivity index (χ0v) is 19.6. The van der Waals surface area contributed by atoms with Gasteiger partial charge in [0.15, 0.2) is 23.9 Å². The lowest BCUT2D eigenvalue weighted by molar-refractivity contribution is -0.123. The van der Waals surface area contributed by atoms with Crippen LogP contribution in [0.5, 0.6) is 11.5 Å². The Bertz CT molecular complexity index is 1180. The second kappa shape index (κ2) is 11.2. The number of benzene rings is 2. The molecule has 0 unspecified atom stereocenters. The molecule has 0 spiro atoms. The Morgan fingerprint density at radius 2 is 1.74 bits per heavy atom. The van der Waals surface area contributed by atoms with Gasteiger partial charge in [0, 0.05) is 16.6 Å². The topological polar surface area (TPSA) is 119 Å². The second-order valence-electron chi connectivity index (χ2n) is 7.45. The summed E-state index contributed by atoms with van der Waals surface area (Å²) in [5.74, 6) is -0.514. The lowest BCUT2D eigenvalue weighted by Crippen LogP contribution is -2.34. The Morgan fingerprint density at radius 1 is 0.971 bits per heavy atom. The van der Waals surface area contributed by atoms with Crippen molar-refractivity contribution in [3.05, 3.63) is 71.1 Å². The van der Waals surface area contributed by atoms with E-state index in [1.54, 1.807) is 18.2 Å². The quantitative estimate of drug-likeness (QED) is 0.414. The van der Waals surface area contributed by atoms with E-state index in [9.17, 15) is 14.4 Å². The largest absolute Gasteiger partial charge is 0.493 e. The van der Waals surface area contributed by atoms with Gasteiger partial charge in [-0.3, -0.25) is 14.4 Å². The van der Waals surface area contributed by atoms with Crippen LogP contribution < -0.4 is 25.4 Å². The highest BCUT2D eigenvalue weighted by Gasteiger charge is 2.16. The Kier molecular flexibility index (Phi) is 8.15. The van der Waals surface area contributed by atoms with Crippen LogP contribution in [0.25, 0.3) is 0 Å². The van der Waals surface area contributed by atoms with E-state index in [0.29, 0.717) is 22.1 Å². The molecule has 0 fully saturated rings. The van der Waals surface area contributed by atoms with Gasteiger partial charge < -0.3 is 29.8 Å². The molecule has 1 heterocycles. The first kappa shape index (κ1) is 24.7. The summed E-state index contributed by atoms with van der Waals surface area (Å²) in [5.41, 5.74) is 0.901. The van der Waals surface area contributed by atoms with E-state index in [2.05, 4.69) is 16.0 Å². The van der Waals surface area contributed by atoms with Crippen LogP contribution in [0.4, 0.5) is 11.4 Å². The van der Waals surface area contributed by atoms with Gasteiger partial charge >= 0.3 is 0 Å². The van der Waals surface area contributed by atoms with Crippen molar-refractivity contribution < 1.29 is 28.3 Å². The van der Waals surface area contributed by atoms with Crippen LogP contribution >= 0.6 is 11.6 Å². The van der Waals surface area contributed by atoms with Crippen LogP contribution in [0.1, 0.15) is 34.8 Å². The minimum atomic E-state index is -0.493. The van der Waals surface area contributed by atoms with Gasteiger partial charge in [0.05, 0.1) is 24.7 Å². The van der Waals surface area contributed by atoms with Crippen LogP contribution in [0.2, 0.25) is 5.02 Å². The van der Waals surface area contributed by atoms with Crippen molar-refractivity contribution in [1.29, 1.82) is 0 Å². The maximum Gasteiger partial charge on any atom is 0.291 e. The van der Waals surface area contributed by atoms with E-state index in [0.717, 1.165) is 0 Å². The molecule has 3 aromatic rings. The summed E-state index contributed by atoms with van der Waals surface area (Å²) in [6.45, 7) is 3.50. The molecule has 0 bridgehead atoms. The first-order chi connectivity index (χ1) is 16.3. The first-order valence-electron chi connectivity index (χ1n) is 10.3. The van der Waals surface area contributed by atoms with E-state index in [1.807, 2.05) is 13.8 Å². The summed E-state index contributed by atoms with van der Waals surface area (Å²) in [4.78, 5) is 37.1. The van der Waals surface area contributed by atoms with Gasteiger partial charge in [-0.25, -0.2) is 0 Å². The highest BCUT2D eigenvalue weighted by molar-refractivity contribution is 6.31. The molecule has 0 saturated heterocycles. The molecule has 3 amide bonds. The van der Waals surface area contributed by atoms with Crippen LogP contribution in [-0.4, -0.2) is 37.5 Å².